The highest BCUT2D eigenvalue weighted by atomic mass is 16.6. The van der Waals surface area contributed by atoms with E-state index in [1.807, 2.05) is 6.92 Å². The van der Waals surface area contributed by atoms with Crippen molar-refractivity contribution in [3.63, 3.8) is 0 Å². The van der Waals surface area contributed by atoms with E-state index in [2.05, 4.69) is 52.9 Å². The molecule has 6 heteroatoms. The summed E-state index contributed by atoms with van der Waals surface area (Å²) < 4.78 is 1.46. The average Bonchev–Trinajstić information content (AvgIpc) is 3.47. The first-order valence-electron chi connectivity index (χ1n) is 11.3. The smallest absolute Gasteiger partial charge is 0.261 e. The van der Waals surface area contributed by atoms with Crippen LogP contribution in [-0.4, -0.2) is 20.7 Å². The van der Waals surface area contributed by atoms with Gasteiger partial charge in [-0.05, 0) is 61.1 Å². The van der Waals surface area contributed by atoms with E-state index in [1.54, 1.807) is 29.7 Å². The number of hydrogen-bond acceptors (Lipinski definition) is 5. The largest absolute Gasteiger partial charge is 0.361 e. The molecule has 0 spiro atoms. The van der Waals surface area contributed by atoms with Crippen molar-refractivity contribution in [3.05, 3.63) is 82.4 Å². The lowest BCUT2D eigenvalue weighted by molar-refractivity contribution is 0.213. The Kier molecular flexibility index (Phi) is 8.15. The quantitative estimate of drug-likeness (QED) is 0.199. The Hall–Kier alpha value is -3.28. The maximum Gasteiger partial charge on any atom is 0.261 e. The Labute approximate surface area is 196 Å². The second kappa shape index (κ2) is 11.0. The van der Waals surface area contributed by atoms with Crippen LogP contribution in [0.4, 0.5) is 0 Å². The second-order valence-corrected chi connectivity index (χ2v) is 8.59. The van der Waals surface area contributed by atoms with Crippen molar-refractivity contribution in [1.29, 1.82) is 0 Å². The highest BCUT2D eigenvalue weighted by Gasteiger charge is 2.44. The van der Waals surface area contributed by atoms with Crippen LogP contribution in [0.5, 0.6) is 0 Å². The molecule has 0 amide bonds. The van der Waals surface area contributed by atoms with Crippen LogP contribution in [0.25, 0.3) is 10.9 Å². The van der Waals surface area contributed by atoms with E-state index in [-0.39, 0.29) is 19.5 Å². The second-order valence-electron chi connectivity index (χ2n) is 8.59. The maximum atomic E-state index is 12.5. The number of aryl methyl sites for hydroxylation is 1. The topological polar surface area (TPSA) is 69.4 Å². The van der Waals surface area contributed by atoms with Crippen LogP contribution in [0.2, 0.25) is 0 Å². The van der Waals surface area contributed by atoms with Crippen LogP contribution in [0.1, 0.15) is 62.6 Å². The Morgan fingerprint density at radius 2 is 2.15 bits per heavy atom. The molecule has 174 valence electrons. The number of hydrogen-bond donors (Lipinski definition) is 0. The summed E-state index contributed by atoms with van der Waals surface area (Å²) in [4.78, 5) is 25.9. The number of pyridine rings is 1. The van der Waals surface area contributed by atoms with E-state index in [0.29, 0.717) is 16.7 Å². The minimum absolute atomic E-state index is 0. The molecule has 0 bridgehead atoms. The number of unbranched alkanes of at least 4 members (excludes halogenated alkanes) is 2. The molecule has 0 aliphatic heterocycles. The lowest BCUT2D eigenvalue weighted by Gasteiger charge is -2.08. The van der Waals surface area contributed by atoms with Gasteiger partial charge in [0, 0.05) is 12.4 Å². The summed E-state index contributed by atoms with van der Waals surface area (Å²) in [6.07, 6.45) is 12.3. The number of aromatic nitrogens is 3. The molecule has 2 unspecified atom stereocenters. The zero-order chi connectivity index (χ0) is 22.5. The Morgan fingerprint density at radius 1 is 1.33 bits per heavy atom. The van der Waals surface area contributed by atoms with Crippen molar-refractivity contribution in [2.75, 3.05) is 0 Å². The molecule has 3 aromatic rings. The van der Waals surface area contributed by atoms with Gasteiger partial charge in [-0.1, -0.05) is 56.8 Å². The zero-order valence-electron chi connectivity index (χ0n) is 18.8. The summed E-state index contributed by atoms with van der Waals surface area (Å²) >= 11 is 0. The van der Waals surface area contributed by atoms with E-state index in [9.17, 15) is 4.79 Å². The molecule has 5 rings (SSSR count). The number of fused-ring (bicyclic) bond motifs is 4. The third-order valence-corrected chi connectivity index (χ3v) is 6.08. The summed E-state index contributed by atoms with van der Waals surface area (Å²) in [5, 5.41) is 4.41. The van der Waals surface area contributed by atoms with Crippen LogP contribution in [-0.2, 0) is 17.8 Å². The molecule has 2 atom stereocenters. The molecule has 0 N–H and O–H groups in total. The monoisotopic (exact) mass is 446 g/mol. The van der Waals surface area contributed by atoms with Crippen LogP contribution >= 0.6 is 0 Å². The molecule has 2 aliphatic rings. The highest BCUT2D eigenvalue weighted by molar-refractivity contribution is 5.79. The lowest BCUT2D eigenvalue weighted by Crippen LogP contribution is -2.22. The first kappa shape index (κ1) is 24.4. The molecule has 1 saturated carbocycles. The number of oxime groups is 1. The van der Waals surface area contributed by atoms with Crippen molar-refractivity contribution in [1.82, 2.24) is 14.5 Å². The van der Waals surface area contributed by atoms with E-state index in [4.69, 9.17) is 4.84 Å². The SMILES string of the molecule is C.C=C(Cn1cnc2cncc(C)c2c1=O)O/N=C\CCCC.c1ccc2c(c1)CC1CC21. The van der Waals surface area contributed by atoms with Crippen LogP contribution in [0.3, 0.4) is 0 Å². The van der Waals surface area contributed by atoms with Crippen LogP contribution in [0, 0.1) is 12.8 Å². The minimum atomic E-state index is -0.135. The highest BCUT2D eigenvalue weighted by Crippen LogP contribution is 2.55. The fraction of sp³-hybridized carbons (Fsp3) is 0.407. The summed E-state index contributed by atoms with van der Waals surface area (Å²) in [5.74, 6) is 2.40. The normalized spacial score (nSPS) is 17.5. The van der Waals surface area contributed by atoms with Gasteiger partial charge in [0.05, 0.1) is 30.0 Å². The van der Waals surface area contributed by atoms with Crippen molar-refractivity contribution in [2.24, 2.45) is 11.1 Å². The van der Waals surface area contributed by atoms with Crippen molar-refractivity contribution in [3.8, 4) is 0 Å². The molecule has 1 aromatic carbocycles. The van der Waals surface area contributed by atoms with Gasteiger partial charge >= 0.3 is 0 Å². The molecule has 1 fully saturated rings. The molecular weight excluding hydrogens is 412 g/mol. The molecule has 0 radical (unpaired) electrons. The van der Waals surface area contributed by atoms with Crippen molar-refractivity contribution < 1.29 is 4.84 Å². The van der Waals surface area contributed by atoms with Gasteiger partial charge < -0.3 is 4.84 Å². The van der Waals surface area contributed by atoms with E-state index in [0.717, 1.165) is 36.7 Å². The molecule has 2 heterocycles. The van der Waals surface area contributed by atoms with Gasteiger partial charge in [0.1, 0.15) is 5.76 Å². The summed E-state index contributed by atoms with van der Waals surface area (Å²) in [6, 6.07) is 8.90. The fourth-order valence-electron chi connectivity index (χ4n) is 4.26. The first-order chi connectivity index (χ1) is 15.6. The zero-order valence-corrected chi connectivity index (χ0v) is 18.8. The van der Waals surface area contributed by atoms with Gasteiger partial charge in [-0.3, -0.25) is 14.3 Å². The summed E-state index contributed by atoms with van der Waals surface area (Å²) in [5.41, 5.74) is 4.51. The number of nitrogens with zero attached hydrogens (tertiary/aromatic N) is 4. The Balaban J connectivity index is 0.000000229. The molecule has 33 heavy (non-hydrogen) atoms. The minimum Gasteiger partial charge on any atom is -0.361 e. The number of allylic oxidation sites excluding steroid dienone is 1. The van der Waals surface area contributed by atoms with E-state index < -0.39 is 0 Å². The third-order valence-electron chi connectivity index (χ3n) is 6.08. The van der Waals surface area contributed by atoms with Crippen molar-refractivity contribution in [2.45, 2.75) is 65.8 Å². The summed E-state index contributed by atoms with van der Waals surface area (Å²) in [7, 11) is 0. The third kappa shape index (κ3) is 5.75. The van der Waals surface area contributed by atoms with E-state index >= 15 is 0 Å². The number of rotatable bonds is 7. The van der Waals surface area contributed by atoms with Gasteiger partial charge in [-0.2, -0.15) is 0 Å². The van der Waals surface area contributed by atoms with Gasteiger partial charge in [-0.25, -0.2) is 4.98 Å². The van der Waals surface area contributed by atoms with Crippen LogP contribution < -0.4 is 5.56 Å². The van der Waals surface area contributed by atoms with Gasteiger partial charge in [0.15, 0.2) is 0 Å². The number of benzene rings is 1. The Morgan fingerprint density at radius 3 is 2.94 bits per heavy atom. The van der Waals surface area contributed by atoms with Crippen molar-refractivity contribution >= 4 is 17.1 Å². The molecular formula is C27H34N4O2. The standard InChI is InChI=1S/C16H20N4O2.C10H10.CH4/c1-4-5-6-7-19-22-13(3)10-20-11-18-14-9-17-8-12(2)15(14)16(20)21;1-2-4-9-7(3-1)5-8-6-10(8)9;/h7-9,11H,3-6,10H2,1-2H3;1-4,8,10H,5-6H2;1H4/b19-7-;;. The van der Waals surface area contributed by atoms with Crippen LogP contribution in [0.15, 0.2) is 65.3 Å². The molecule has 0 saturated heterocycles. The van der Waals surface area contributed by atoms with Gasteiger partial charge in [-0.15, -0.1) is 0 Å². The molecule has 6 nitrogen and oxygen atoms in total. The van der Waals surface area contributed by atoms with Gasteiger partial charge in [0.25, 0.3) is 5.56 Å². The molecule has 2 aliphatic carbocycles. The predicted octanol–water partition coefficient (Wildman–Crippen LogP) is 5.79. The summed E-state index contributed by atoms with van der Waals surface area (Å²) in [6.45, 7) is 7.95. The average molecular weight is 447 g/mol. The lowest BCUT2D eigenvalue weighted by atomic mass is 10.1. The Bertz CT molecular complexity index is 1200. The fourth-order valence-corrected chi connectivity index (χ4v) is 4.26. The predicted molar refractivity (Wildman–Crippen MR) is 135 cm³/mol. The maximum absolute atomic E-state index is 12.5. The molecule has 2 aromatic heterocycles. The first-order valence-corrected chi connectivity index (χ1v) is 11.3. The van der Waals surface area contributed by atoms with E-state index in [1.165, 1.54) is 23.7 Å². The van der Waals surface area contributed by atoms with Gasteiger partial charge in [0.2, 0.25) is 0 Å².